The quantitative estimate of drug-likeness (QED) is 0.194. The summed E-state index contributed by atoms with van der Waals surface area (Å²) < 4.78 is 0. The molecule has 43 heavy (non-hydrogen) atoms. The van der Waals surface area contributed by atoms with Crippen LogP contribution in [0.5, 0.6) is 0 Å². The number of carbonyl (C=O) groups is 1. The molecule has 0 radical (unpaired) electrons. The van der Waals surface area contributed by atoms with E-state index in [9.17, 15) is 0 Å². The zero-order valence-corrected chi connectivity index (χ0v) is 24.7. The van der Waals surface area contributed by atoms with Crippen molar-refractivity contribution in [1.82, 2.24) is 0 Å². The number of benzene rings is 5. The molecule has 0 saturated carbocycles. The van der Waals surface area contributed by atoms with Crippen molar-refractivity contribution in [2.45, 2.75) is 24.3 Å². The summed E-state index contributed by atoms with van der Waals surface area (Å²) in [6, 6.07) is 50.6. The lowest BCUT2D eigenvalue weighted by molar-refractivity contribution is 0.0885. The van der Waals surface area contributed by atoms with Crippen molar-refractivity contribution in [3.05, 3.63) is 186 Å². The Hall–Kier alpha value is -4.95. The van der Waals surface area contributed by atoms with Crippen LogP contribution in [0.2, 0.25) is 0 Å². The highest BCUT2D eigenvalue weighted by atomic mass is 16.1. The minimum Gasteiger partial charge on any atom is -0.363 e. The maximum atomic E-state index is 15.2. The molecule has 0 saturated heterocycles. The second-order valence-corrected chi connectivity index (χ2v) is 11.6. The van der Waals surface area contributed by atoms with E-state index in [1.54, 1.807) is 0 Å². The molecule has 0 N–H and O–H groups in total. The highest BCUT2D eigenvalue weighted by molar-refractivity contribution is 6.10. The summed E-state index contributed by atoms with van der Waals surface area (Å²) in [5.74, 6) is -0.352. The molecular weight excluding hydrogens is 522 g/mol. The molecule has 5 aromatic rings. The number of ketones is 1. The molecule has 1 aliphatic heterocycles. The second kappa shape index (κ2) is 10.7. The molecule has 0 bridgehead atoms. The summed E-state index contributed by atoms with van der Waals surface area (Å²) in [6.45, 7) is 2.28. The van der Waals surface area contributed by atoms with E-state index < -0.39 is 16.9 Å². The van der Waals surface area contributed by atoms with E-state index in [1.807, 2.05) is 36.4 Å². The van der Waals surface area contributed by atoms with Crippen LogP contribution in [0.1, 0.15) is 46.0 Å². The van der Waals surface area contributed by atoms with Gasteiger partial charge in [-0.3, -0.25) is 4.79 Å². The molecule has 3 atom stereocenters. The maximum Gasteiger partial charge on any atom is 0.173 e. The second-order valence-electron chi connectivity index (χ2n) is 11.6. The molecule has 2 aliphatic rings. The zero-order valence-electron chi connectivity index (χ0n) is 24.7. The first-order chi connectivity index (χ1) is 21.1. The highest BCUT2D eigenvalue weighted by Gasteiger charge is 2.66. The molecule has 0 amide bonds. The third-order valence-corrected chi connectivity index (χ3v) is 9.73. The van der Waals surface area contributed by atoms with Crippen molar-refractivity contribution in [3.8, 4) is 0 Å². The van der Waals surface area contributed by atoms with Crippen LogP contribution >= 0.6 is 0 Å². The van der Waals surface area contributed by atoms with E-state index in [0.717, 1.165) is 39.9 Å². The number of fused-ring (bicyclic) bond motifs is 1. The van der Waals surface area contributed by atoms with E-state index in [1.165, 1.54) is 11.1 Å². The molecule has 2 heteroatoms. The summed E-state index contributed by atoms with van der Waals surface area (Å²) in [4.78, 5) is 17.6. The van der Waals surface area contributed by atoms with Crippen LogP contribution in [0.4, 0.5) is 5.69 Å². The van der Waals surface area contributed by atoms with E-state index in [2.05, 4.69) is 140 Å². The average Bonchev–Trinajstić information content (AvgIpc) is 3.29. The number of Topliss-reactive ketones (excluding diaryl/α,β-unsaturated/α-hetero) is 1. The van der Waals surface area contributed by atoms with Gasteiger partial charge in [-0.1, -0.05) is 146 Å². The normalized spacial score (nSPS) is 22.6. The number of para-hydroxylation sites is 1. The smallest absolute Gasteiger partial charge is 0.173 e. The van der Waals surface area contributed by atoms with Gasteiger partial charge in [-0.15, -0.1) is 0 Å². The van der Waals surface area contributed by atoms with Gasteiger partial charge in [0.1, 0.15) is 0 Å². The van der Waals surface area contributed by atoms with Gasteiger partial charge in [0, 0.05) is 23.7 Å². The van der Waals surface area contributed by atoms with Crippen molar-refractivity contribution in [2.75, 3.05) is 11.9 Å². The number of rotatable bonds is 6. The molecule has 5 aromatic carbocycles. The Labute approximate surface area is 254 Å². The SMILES string of the molecule is CC[C@@]1(c2ccccc2)c2ccccc2N(C)[C@]12C=C(c1ccccc1)C=C(c1ccccc1)[C@H]2C(=O)c1ccccc1. The predicted octanol–water partition coefficient (Wildman–Crippen LogP) is 9.25. The summed E-state index contributed by atoms with van der Waals surface area (Å²) in [5, 5.41) is 0. The predicted molar refractivity (Wildman–Crippen MR) is 178 cm³/mol. The van der Waals surface area contributed by atoms with E-state index in [0.29, 0.717) is 0 Å². The summed E-state index contributed by atoms with van der Waals surface area (Å²) in [5.41, 5.74) is 7.50. The number of anilines is 1. The Morgan fingerprint density at radius 1 is 0.674 bits per heavy atom. The Bertz CT molecular complexity index is 1820. The van der Waals surface area contributed by atoms with Crippen LogP contribution in [0.25, 0.3) is 11.1 Å². The largest absolute Gasteiger partial charge is 0.363 e. The van der Waals surface area contributed by atoms with Gasteiger partial charge in [0.15, 0.2) is 5.78 Å². The fourth-order valence-corrected chi connectivity index (χ4v) is 7.91. The first-order valence-electron chi connectivity index (χ1n) is 15.2. The lowest BCUT2D eigenvalue weighted by Crippen LogP contribution is -2.63. The fraction of sp³-hybridized carbons (Fsp3) is 0.146. The lowest BCUT2D eigenvalue weighted by atomic mass is 9.52. The molecule has 1 aliphatic carbocycles. The summed E-state index contributed by atoms with van der Waals surface area (Å²) in [7, 11) is 2.19. The minimum atomic E-state index is -0.745. The summed E-state index contributed by atoms with van der Waals surface area (Å²) in [6.07, 6.45) is 5.51. The van der Waals surface area contributed by atoms with Gasteiger partial charge in [0.05, 0.1) is 11.5 Å². The molecule has 7 rings (SSSR count). The fourth-order valence-electron chi connectivity index (χ4n) is 7.91. The lowest BCUT2D eigenvalue weighted by Gasteiger charge is -2.54. The van der Waals surface area contributed by atoms with Gasteiger partial charge in [0.2, 0.25) is 0 Å². The standard InChI is InChI=1S/C41H35NO/c1-3-40(34-24-14-7-15-25-34)36-26-16-17-27-37(36)42(2)41(40)29-33(30-18-8-4-9-19-30)28-35(31-20-10-5-11-21-31)38(41)39(43)32-22-12-6-13-23-32/h4-29,38H,3H2,1-2H3/t38-,40+,41-/m0/s1. The van der Waals surface area contributed by atoms with Gasteiger partial charge in [-0.25, -0.2) is 0 Å². The van der Waals surface area contributed by atoms with Gasteiger partial charge >= 0.3 is 0 Å². The van der Waals surface area contributed by atoms with Gasteiger partial charge in [0.25, 0.3) is 0 Å². The van der Waals surface area contributed by atoms with Gasteiger partial charge in [-0.2, -0.15) is 0 Å². The zero-order chi connectivity index (χ0) is 29.4. The Kier molecular flexibility index (Phi) is 6.70. The molecule has 1 spiro atoms. The Morgan fingerprint density at radius 2 is 1.21 bits per heavy atom. The van der Waals surface area contributed by atoms with Crippen molar-refractivity contribution >= 4 is 22.6 Å². The number of carbonyl (C=O) groups excluding carboxylic acids is 1. The third-order valence-electron chi connectivity index (χ3n) is 9.73. The number of likely N-dealkylation sites (N-methyl/N-ethyl adjacent to an activating group) is 1. The van der Waals surface area contributed by atoms with Crippen molar-refractivity contribution in [2.24, 2.45) is 5.92 Å². The topological polar surface area (TPSA) is 20.3 Å². The van der Waals surface area contributed by atoms with Crippen LogP contribution in [0.15, 0.2) is 158 Å². The first kappa shape index (κ1) is 26.9. The monoisotopic (exact) mass is 557 g/mol. The van der Waals surface area contributed by atoms with E-state index in [-0.39, 0.29) is 5.78 Å². The number of hydrogen-bond acceptors (Lipinski definition) is 2. The van der Waals surface area contributed by atoms with Crippen molar-refractivity contribution in [3.63, 3.8) is 0 Å². The Morgan fingerprint density at radius 3 is 1.84 bits per heavy atom. The van der Waals surface area contributed by atoms with Crippen LogP contribution < -0.4 is 4.90 Å². The van der Waals surface area contributed by atoms with Crippen LogP contribution in [-0.2, 0) is 5.41 Å². The average molecular weight is 558 g/mol. The van der Waals surface area contributed by atoms with E-state index >= 15 is 4.79 Å². The van der Waals surface area contributed by atoms with Crippen molar-refractivity contribution in [1.29, 1.82) is 0 Å². The highest BCUT2D eigenvalue weighted by Crippen LogP contribution is 2.64. The molecule has 0 unspecified atom stereocenters. The van der Waals surface area contributed by atoms with Crippen molar-refractivity contribution < 1.29 is 4.79 Å². The number of hydrogen-bond donors (Lipinski definition) is 0. The van der Waals surface area contributed by atoms with Crippen LogP contribution in [0.3, 0.4) is 0 Å². The number of allylic oxidation sites excluding steroid dienone is 2. The summed E-state index contributed by atoms with van der Waals surface area (Å²) >= 11 is 0. The molecule has 1 heterocycles. The van der Waals surface area contributed by atoms with Gasteiger partial charge in [-0.05, 0) is 58.0 Å². The Balaban J connectivity index is 1.64. The van der Waals surface area contributed by atoms with Crippen LogP contribution in [-0.4, -0.2) is 18.4 Å². The molecular formula is C41H35NO. The first-order valence-corrected chi connectivity index (χ1v) is 15.2. The van der Waals surface area contributed by atoms with Crippen LogP contribution in [0, 0.1) is 5.92 Å². The number of nitrogens with zero attached hydrogens (tertiary/aromatic N) is 1. The van der Waals surface area contributed by atoms with E-state index in [4.69, 9.17) is 0 Å². The van der Waals surface area contributed by atoms with Gasteiger partial charge < -0.3 is 4.90 Å². The molecule has 2 nitrogen and oxygen atoms in total. The molecule has 0 aromatic heterocycles. The molecule has 210 valence electrons. The molecule has 0 fully saturated rings. The minimum absolute atomic E-state index is 0.132. The third kappa shape index (κ3) is 3.97. The maximum absolute atomic E-state index is 15.2.